The van der Waals surface area contributed by atoms with Crippen molar-refractivity contribution in [3.63, 3.8) is 0 Å². The molecule has 0 saturated carbocycles. The van der Waals surface area contributed by atoms with Crippen LogP contribution in [0, 0.1) is 0 Å². The summed E-state index contributed by atoms with van der Waals surface area (Å²) >= 11 is 1.62. The molecule has 0 saturated heterocycles. The van der Waals surface area contributed by atoms with E-state index in [1.165, 1.54) is 0 Å². The molecule has 102 valence electrons. The van der Waals surface area contributed by atoms with Crippen molar-refractivity contribution in [3.05, 3.63) is 40.3 Å². The molecule has 0 radical (unpaired) electrons. The summed E-state index contributed by atoms with van der Waals surface area (Å²) < 4.78 is 5.64. The molecular formula is C14H19N3OS. The van der Waals surface area contributed by atoms with Gasteiger partial charge in [-0.3, -0.25) is 0 Å². The first-order valence-corrected chi connectivity index (χ1v) is 7.28. The number of benzene rings is 1. The second kappa shape index (κ2) is 7.21. The van der Waals surface area contributed by atoms with Gasteiger partial charge >= 0.3 is 0 Å². The first-order valence-electron chi connectivity index (χ1n) is 6.46. The topological polar surface area (TPSA) is 47.0 Å². The van der Waals surface area contributed by atoms with E-state index in [1.807, 2.05) is 30.3 Å². The minimum absolute atomic E-state index is 0.485. The minimum atomic E-state index is 0.485. The number of aromatic nitrogens is 2. The number of ether oxygens (including phenoxy) is 1. The maximum absolute atomic E-state index is 5.64. The van der Waals surface area contributed by atoms with Crippen LogP contribution in [-0.4, -0.2) is 22.8 Å². The van der Waals surface area contributed by atoms with Crippen molar-refractivity contribution in [2.45, 2.75) is 32.9 Å². The average molecular weight is 277 g/mol. The highest BCUT2D eigenvalue weighted by atomic mass is 32.1. The lowest BCUT2D eigenvalue weighted by Crippen LogP contribution is -2.24. The van der Waals surface area contributed by atoms with Gasteiger partial charge in [-0.2, -0.15) is 0 Å². The molecule has 0 spiro atoms. The van der Waals surface area contributed by atoms with Crippen LogP contribution in [0.5, 0.6) is 5.75 Å². The molecule has 1 aromatic heterocycles. The zero-order valence-corrected chi connectivity index (χ0v) is 12.1. The fourth-order valence-corrected chi connectivity index (χ4v) is 2.33. The summed E-state index contributed by atoms with van der Waals surface area (Å²) in [6, 6.07) is 10.3. The van der Waals surface area contributed by atoms with Gasteiger partial charge in [0.1, 0.15) is 17.4 Å². The van der Waals surface area contributed by atoms with Gasteiger partial charge in [0.2, 0.25) is 0 Å². The zero-order chi connectivity index (χ0) is 13.5. The molecule has 4 nitrogen and oxygen atoms in total. The van der Waals surface area contributed by atoms with Crippen LogP contribution in [0.2, 0.25) is 0 Å². The van der Waals surface area contributed by atoms with E-state index >= 15 is 0 Å². The Bertz CT molecular complexity index is 484. The van der Waals surface area contributed by atoms with Crippen molar-refractivity contribution in [1.82, 2.24) is 15.5 Å². The van der Waals surface area contributed by atoms with Crippen molar-refractivity contribution in [2.24, 2.45) is 0 Å². The van der Waals surface area contributed by atoms with Crippen LogP contribution in [0.25, 0.3) is 0 Å². The number of hydrogen-bond donors (Lipinski definition) is 1. The number of hydrogen-bond acceptors (Lipinski definition) is 5. The van der Waals surface area contributed by atoms with Gasteiger partial charge in [0.05, 0.1) is 0 Å². The third-order valence-corrected chi connectivity index (χ3v) is 3.46. The summed E-state index contributed by atoms with van der Waals surface area (Å²) in [4.78, 5) is 0. The fourth-order valence-electron chi connectivity index (χ4n) is 1.58. The van der Waals surface area contributed by atoms with Gasteiger partial charge in [0.25, 0.3) is 0 Å². The predicted molar refractivity (Wildman–Crippen MR) is 77.5 cm³/mol. The second-order valence-corrected chi connectivity index (χ2v) is 5.70. The van der Waals surface area contributed by atoms with Gasteiger partial charge < -0.3 is 10.1 Å². The van der Waals surface area contributed by atoms with E-state index in [0.29, 0.717) is 12.6 Å². The lowest BCUT2D eigenvalue weighted by Gasteiger charge is -2.05. The Morgan fingerprint density at radius 1 is 1.16 bits per heavy atom. The van der Waals surface area contributed by atoms with Crippen molar-refractivity contribution >= 4 is 11.3 Å². The molecule has 0 unspecified atom stereocenters. The second-order valence-electron chi connectivity index (χ2n) is 4.55. The van der Waals surface area contributed by atoms with Gasteiger partial charge in [-0.15, -0.1) is 10.2 Å². The third kappa shape index (κ3) is 4.96. The lowest BCUT2D eigenvalue weighted by molar-refractivity contribution is 0.304. The van der Waals surface area contributed by atoms with Crippen molar-refractivity contribution < 1.29 is 4.74 Å². The van der Waals surface area contributed by atoms with Crippen LogP contribution in [0.4, 0.5) is 0 Å². The molecule has 0 amide bonds. The summed E-state index contributed by atoms with van der Waals surface area (Å²) in [5.74, 6) is 0.862. The number of nitrogens with one attached hydrogen (secondary N) is 1. The summed E-state index contributed by atoms with van der Waals surface area (Å²) in [5.41, 5.74) is 0. The quantitative estimate of drug-likeness (QED) is 0.845. The van der Waals surface area contributed by atoms with E-state index in [9.17, 15) is 0 Å². The van der Waals surface area contributed by atoms with E-state index in [1.54, 1.807) is 11.3 Å². The van der Waals surface area contributed by atoms with E-state index in [0.717, 1.165) is 28.7 Å². The van der Waals surface area contributed by atoms with Crippen LogP contribution in [0.1, 0.15) is 23.9 Å². The standard InChI is InChI=1S/C14H19N3OS/c1-11(2)15-9-8-13-16-17-14(19-13)10-18-12-6-4-3-5-7-12/h3-7,11,15H,8-10H2,1-2H3. The molecule has 0 bridgehead atoms. The lowest BCUT2D eigenvalue weighted by atomic mass is 10.3. The van der Waals surface area contributed by atoms with Crippen molar-refractivity contribution in [1.29, 1.82) is 0 Å². The Hall–Kier alpha value is -1.46. The summed E-state index contributed by atoms with van der Waals surface area (Å²) in [7, 11) is 0. The van der Waals surface area contributed by atoms with E-state index < -0.39 is 0 Å². The van der Waals surface area contributed by atoms with Crippen molar-refractivity contribution in [2.75, 3.05) is 6.54 Å². The summed E-state index contributed by atoms with van der Waals surface area (Å²) in [6.45, 7) is 5.70. The van der Waals surface area contributed by atoms with E-state index in [2.05, 4.69) is 29.4 Å². The highest BCUT2D eigenvalue weighted by Gasteiger charge is 2.05. The van der Waals surface area contributed by atoms with Crippen LogP contribution in [0.15, 0.2) is 30.3 Å². The Kier molecular flexibility index (Phi) is 5.30. The third-order valence-electron chi connectivity index (χ3n) is 2.51. The van der Waals surface area contributed by atoms with E-state index in [4.69, 9.17) is 4.74 Å². The first-order chi connectivity index (χ1) is 9.24. The zero-order valence-electron chi connectivity index (χ0n) is 11.3. The molecule has 2 rings (SSSR count). The Balaban J connectivity index is 1.77. The van der Waals surface area contributed by atoms with Gasteiger partial charge in [-0.25, -0.2) is 0 Å². The van der Waals surface area contributed by atoms with Gasteiger partial charge in [-0.1, -0.05) is 43.4 Å². The molecule has 0 aliphatic carbocycles. The predicted octanol–water partition coefficient (Wildman–Crippen LogP) is 2.66. The maximum atomic E-state index is 5.64. The first kappa shape index (κ1) is 14.0. The Labute approximate surface area is 117 Å². The van der Waals surface area contributed by atoms with E-state index in [-0.39, 0.29) is 0 Å². The summed E-state index contributed by atoms with van der Waals surface area (Å²) in [6.07, 6.45) is 0.918. The highest BCUT2D eigenvalue weighted by Crippen LogP contribution is 2.14. The normalized spacial score (nSPS) is 10.9. The SMILES string of the molecule is CC(C)NCCc1nnc(COc2ccccc2)s1. The maximum Gasteiger partial charge on any atom is 0.155 e. The smallest absolute Gasteiger partial charge is 0.155 e. The monoisotopic (exact) mass is 277 g/mol. The number of rotatable bonds is 7. The van der Waals surface area contributed by atoms with Gasteiger partial charge in [0.15, 0.2) is 5.01 Å². The van der Waals surface area contributed by atoms with Crippen LogP contribution < -0.4 is 10.1 Å². The molecule has 0 atom stereocenters. The average Bonchev–Trinajstić information content (AvgIpc) is 2.85. The summed E-state index contributed by atoms with van der Waals surface area (Å²) in [5, 5.41) is 13.7. The molecule has 1 heterocycles. The largest absolute Gasteiger partial charge is 0.486 e. The highest BCUT2D eigenvalue weighted by molar-refractivity contribution is 7.11. The molecule has 1 N–H and O–H groups in total. The van der Waals surface area contributed by atoms with Crippen LogP contribution in [-0.2, 0) is 13.0 Å². The molecule has 0 fully saturated rings. The molecule has 0 aliphatic rings. The molecular weight excluding hydrogens is 258 g/mol. The van der Waals surface area contributed by atoms with Crippen molar-refractivity contribution in [3.8, 4) is 5.75 Å². The molecule has 2 aromatic rings. The molecule has 5 heteroatoms. The Morgan fingerprint density at radius 3 is 2.63 bits per heavy atom. The number of para-hydroxylation sites is 1. The van der Waals surface area contributed by atoms with Crippen LogP contribution in [0.3, 0.4) is 0 Å². The Morgan fingerprint density at radius 2 is 1.89 bits per heavy atom. The fraction of sp³-hybridized carbons (Fsp3) is 0.429. The molecule has 1 aromatic carbocycles. The van der Waals surface area contributed by atoms with Gasteiger partial charge in [0, 0.05) is 19.0 Å². The molecule has 19 heavy (non-hydrogen) atoms. The molecule has 0 aliphatic heterocycles. The van der Waals surface area contributed by atoms with Gasteiger partial charge in [-0.05, 0) is 12.1 Å². The number of nitrogens with zero attached hydrogens (tertiary/aromatic N) is 2. The van der Waals surface area contributed by atoms with Crippen LogP contribution >= 0.6 is 11.3 Å². The minimum Gasteiger partial charge on any atom is -0.486 e.